The number of furan rings is 1. The Morgan fingerprint density at radius 2 is 1.85 bits per heavy atom. The second-order valence-corrected chi connectivity index (χ2v) is 8.74. The van der Waals surface area contributed by atoms with Gasteiger partial charge in [-0.1, -0.05) is 0 Å². The Hall–Kier alpha value is -3.33. The molecule has 2 aromatic heterocycles. The largest absolute Gasteiger partial charge is 0.493 e. The molecular formula is C24H27N3O5S. The van der Waals surface area contributed by atoms with Crippen molar-refractivity contribution < 1.29 is 23.5 Å². The van der Waals surface area contributed by atoms with Gasteiger partial charge in [0.05, 0.1) is 37.6 Å². The number of nitrogens with one attached hydrogen (secondary N) is 1. The summed E-state index contributed by atoms with van der Waals surface area (Å²) in [6.45, 7) is 3.28. The molecule has 1 aliphatic heterocycles. The maximum Gasteiger partial charge on any atom is 0.256 e. The maximum atomic E-state index is 13.2. The van der Waals surface area contributed by atoms with Crippen LogP contribution in [0.4, 0.5) is 5.69 Å². The smallest absolute Gasteiger partial charge is 0.256 e. The number of thiazole rings is 1. The minimum Gasteiger partial charge on any atom is -0.493 e. The zero-order valence-corrected chi connectivity index (χ0v) is 19.8. The third-order valence-electron chi connectivity index (χ3n) is 5.52. The average molecular weight is 470 g/mol. The summed E-state index contributed by atoms with van der Waals surface area (Å²) < 4.78 is 16.4. The number of aryl methyl sites for hydroxylation is 1. The molecule has 8 nitrogen and oxygen atoms in total. The predicted octanol–water partition coefficient (Wildman–Crippen LogP) is 4.54. The highest BCUT2D eigenvalue weighted by atomic mass is 32.1. The molecule has 0 spiro atoms. The molecule has 3 heterocycles. The number of likely N-dealkylation sites (tertiary alicyclic amines) is 1. The number of hydrogen-bond donors (Lipinski definition) is 1. The summed E-state index contributed by atoms with van der Waals surface area (Å²) in [5.41, 5.74) is 1.41. The second kappa shape index (κ2) is 10.1. The predicted molar refractivity (Wildman–Crippen MR) is 126 cm³/mol. The van der Waals surface area contributed by atoms with Crippen LogP contribution in [0.1, 0.15) is 41.1 Å². The van der Waals surface area contributed by atoms with Crippen molar-refractivity contribution in [3.63, 3.8) is 0 Å². The van der Waals surface area contributed by atoms with Gasteiger partial charge in [-0.05, 0) is 44.4 Å². The van der Waals surface area contributed by atoms with Gasteiger partial charge in [-0.2, -0.15) is 0 Å². The molecule has 2 amide bonds. The Kier molecular flexibility index (Phi) is 6.98. The molecule has 0 saturated carbocycles. The molecule has 33 heavy (non-hydrogen) atoms. The van der Waals surface area contributed by atoms with E-state index >= 15 is 0 Å². The first-order chi connectivity index (χ1) is 16.0. The molecule has 1 saturated heterocycles. The van der Waals surface area contributed by atoms with Crippen molar-refractivity contribution in [3.8, 4) is 22.3 Å². The van der Waals surface area contributed by atoms with E-state index in [2.05, 4.69) is 10.3 Å². The van der Waals surface area contributed by atoms with Crippen molar-refractivity contribution in [3.05, 3.63) is 46.7 Å². The molecule has 0 bridgehead atoms. The normalized spacial score (nSPS) is 13.6. The lowest BCUT2D eigenvalue weighted by Gasteiger charge is -2.28. The van der Waals surface area contributed by atoms with Crippen LogP contribution in [0.25, 0.3) is 10.8 Å². The van der Waals surface area contributed by atoms with E-state index in [0.29, 0.717) is 47.3 Å². The second-order valence-electron chi connectivity index (χ2n) is 7.88. The van der Waals surface area contributed by atoms with Crippen LogP contribution in [0.3, 0.4) is 0 Å². The van der Waals surface area contributed by atoms with E-state index in [1.807, 2.05) is 29.3 Å². The quantitative estimate of drug-likeness (QED) is 0.546. The molecule has 1 N–H and O–H groups in total. The lowest BCUT2D eigenvalue weighted by molar-refractivity contribution is -0.115. The summed E-state index contributed by atoms with van der Waals surface area (Å²) in [7, 11) is 3.04. The molecular weight excluding hydrogens is 442 g/mol. The van der Waals surface area contributed by atoms with Crippen LogP contribution in [0.2, 0.25) is 0 Å². The Morgan fingerprint density at radius 3 is 2.52 bits per heavy atom. The zero-order valence-electron chi connectivity index (χ0n) is 19.0. The van der Waals surface area contributed by atoms with Gasteiger partial charge < -0.3 is 24.1 Å². The number of carbonyl (C=O) groups excluding carboxylic acids is 2. The van der Waals surface area contributed by atoms with Crippen LogP contribution < -0.4 is 14.8 Å². The van der Waals surface area contributed by atoms with Gasteiger partial charge in [-0.25, -0.2) is 4.98 Å². The molecule has 1 aliphatic rings. The first-order valence-electron chi connectivity index (χ1n) is 10.8. The zero-order chi connectivity index (χ0) is 23.4. The van der Waals surface area contributed by atoms with Crippen LogP contribution in [0.15, 0.2) is 34.1 Å². The summed E-state index contributed by atoms with van der Waals surface area (Å²) in [5, 5.41) is 5.43. The van der Waals surface area contributed by atoms with Gasteiger partial charge in [0.2, 0.25) is 5.91 Å². The number of aromatic nitrogens is 1. The number of amides is 2. The number of methoxy groups -OCH3 is 2. The third kappa shape index (κ3) is 5.19. The fraction of sp³-hybridized carbons (Fsp3) is 0.375. The summed E-state index contributed by atoms with van der Waals surface area (Å²) in [5.74, 6) is 1.95. The standard InChI is InChI=1S/C24H27N3O5S/c1-15-7-8-19(32-15)23-25-16(14-33-23)11-22(28)26-18-13-21(31-3)20(30-2)12-17(18)24(29)27-9-5-4-6-10-27/h7-8,12-14H,4-6,9-11H2,1-3H3,(H,26,28). The SMILES string of the molecule is COc1cc(NC(=O)Cc2csc(-c3ccc(C)o3)n2)c(C(=O)N2CCCCC2)cc1OC. The van der Waals surface area contributed by atoms with E-state index in [0.717, 1.165) is 30.0 Å². The van der Waals surface area contributed by atoms with E-state index in [1.165, 1.54) is 25.6 Å². The lowest BCUT2D eigenvalue weighted by Crippen LogP contribution is -2.36. The first-order valence-corrected chi connectivity index (χ1v) is 11.7. The molecule has 0 aliphatic carbocycles. The third-order valence-corrected chi connectivity index (χ3v) is 6.42. The van der Waals surface area contributed by atoms with Gasteiger partial charge in [0.15, 0.2) is 22.3 Å². The fourth-order valence-corrected chi connectivity index (χ4v) is 4.62. The number of carbonyl (C=O) groups is 2. The van der Waals surface area contributed by atoms with Gasteiger partial charge >= 0.3 is 0 Å². The Balaban J connectivity index is 1.55. The van der Waals surface area contributed by atoms with Crippen molar-refractivity contribution in [1.82, 2.24) is 9.88 Å². The van der Waals surface area contributed by atoms with Gasteiger partial charge in [0.25, 0.3) is 5.91 Å². The summed E-state index contributed by atoms with van der Waals surface area (Å²) in [6, 6.07) is 7.00. The topological polar surface area (TPSA) is 93.9 Å². The molecule has 4 rings (SSSR count). The Bertz CT molecular complexity index is 1150. The van der Waals surface area contributed by atoms with E-state index in [1.54, 1.807) is 12.1 Å². The number of rotatable bonds is 7. The highest BCUT2D eigenvalue weighted by Gasteiger charge is 2.24. The molecule has 174 valence electrons. The van der Waals surface area contributed by atoms with Crippen LogP contribution >= 0.6 is 11.3 Å². The highest BCUT2D eigenvalue weighted by molar-refractivity contribution is 7.13. The fourth-order valence-electron chi connectivity index (χ4n) is 3.84. The molecule has 0 atom stereocenters. The number of benzene rings is 1. The minimum atomic E-state index is -0.276. The van der Waals surface area contributed by atoms with Crippen LogP contribution in [0, 0.1) is 6.92 Å². The maximum absolute atomic E-state index is 13.2. The van der Waals surface area contributed by atoms with Crippen LogP contribution in [0.5, 0.6) is 11.5 Å². The van der Waals surface area contributed by atoms with Crippen molar-refractivity contribution in [2.45, 2.75) is 32.6 Å². The average Bonchev–Trinajstić information content (AvgIpc) is 3.47. The summed E-state index contributed by atoms with van der Waals surface area (Å²) in [6.07, 6.45) is 3.14. The minimum absolute atomic E-state index is 0.0713. The molecule has 1 aromatic carbocycles. The molecule has 1 fully saturated rings. The van der Waals surface area contributed by atoms with Gasteiger partial charge in [0.1, 0.15) is 5.76 Å². The van der Waals surface area contributed by atoms with Crippen LogP contribution in [-0.4, -0.2) is 49.0 Å². The summed E-state index contributed by atoms with van der Waals surface area (Å²) in [4.78, 5) is 32.4. The molecule has 0 radical (unpaired) electrons. The van der Waals surface area contributed by atoms with E-state index in [-0.39, 0.29) is 18.2 Å². The number of anilines is 1. The van der Waals surface area contributed by atoms with Crippen molar-refractivity contribution in [2.24, 2.45) is 0 Å². The Morgan fingerprint density at radius 1 is 1.12 bits per heavy atom. The van der Waals surface area contributed by atoms with E-state index in [9.17, 15) is 9.59 Å². The number of ether oxygens (including phenoxy) is 2. The first kappa shape index (κ1) is 22.8. The highest BCUT2D eigenvalue weighted by Crippen LogP contribution is 2.34. The Labute approximate surface area is 196 Å². The number of hydrogen-bond acceptors (Lipinski definition) is 7. The monoisotopic (exact) mass is 469 g/mol. The van der Waals surface area contributed by atoms with Crippen molar-refractivity contribution >= 4 is 28.8 Å². The number of nitrogens with zero attached hydrogens (tertiary/aromatic N) is 2. The van der Waals surface area contributed by atoms with Gasteiger partial charge in [0, 0.05) is 24.5 Å². The molecule has 3 aromatic rings. The van der Waals surface area contributed by atoms with E-state index in [4.69, 9.17) is 13.9 Å². The number of piperidine rings is 1. The van der Waals surface area contributed by atoms with E-state index < -0.39 is 0 Å². The van der Waals surface area contributed by atoms with Gasteiger partial charge in [-0.15, -0.1) is 11.3 Å². The lowest BCUT2D eigenvalue weighted by atomic mass is 10.1. The van der Waals surface area contributed by atoms with Crippen molar-refractivity contribution in [2.75, 3.05) is 32.6 Å². The molecule has 9 heteroatoms. The van der Waals surface area contributed by atoms with Crippen molar-refractivity contribution in [1.29, 1.82) is 0 Å². The van der Waals surface area contributed by atoms with Gasteiger partial charge in [-0.3, -0.25) is 9.59 Å². The van der Waals surface area contributed by atoms with Crippen LogP contribution in [-0.2, 0) is 11.2 Å². The summed E-state index contributed by atoms with van der Waals surface area (Å²) >= 11 is 1.42. The molecule has 0 unspecified atom stereocenters.